The van der Waals surface area contributed by atoms with Crippen LogP contribution in [-0.2, 0) is 9.53 Å². The van der Waals surface area contributed by atoms with Crippen molar-refractivity contribution in [2.75, 3.05) is 5.32 Å². The van der Waals surface area contributed by atoms with Crippen LogP contribution in [0.4, 0.5) is 10.1 Å². The zero-order valence-corrected chi connectivity index (χ0v) is 13.5. The molecule has 0 bridgehead atoms. The van der Waals surface area contributed by atoms with Crippen LogP contribution in [0.5, 0.6) is 0 Å². The largest absolute Gasteiger partial charge is 0.449 e. The highest BCUT2D eigenvalue weighted by atomic mass is 35.5. The molecular weight excluding hydrogens is 344 g/mol. The van der Waals surface area contributed by atoms with Gasteiger partial charge in [-0.2, -0.15) is 0 Å². The zero-order chi connectivity index (χ0) is 17.0. The average molecular weight is 356 g/mol. The van der Waals surface area contributed by atoms with E-state index in [1.165, 1.54) is 25.1 Å². The highest BCUT2D eigenvalue weighted by Crippen LogP contribution is 2.22. The van der Waals surface area contributed by atoms with Gasteiger partial charge in [0.15, 0.2) is 6.10 Å². The average Bonchev–Trinajstić information content (AvgIpc) is 2.50. The van der Waals surface area contributed by atoms with Crippen molar-refractivity contribution >= 4 is 40.8 Å². The molecule has 1 N–H and O–H groups in total. The number of carbonyl (C=O) groups is 2. The van der Waals surface area contributed by atoms with Crippen LogP contribution in [-0.4, -0.2) is 18.0 Å². The summed E-state index contributed by atoms with van der Waals surface area (Å²) in [6, 6.07) is 9.62. The Balaban J connectivity index is 1.99. The molecule has 0 heterocycles. The summed E-state index contributed by atoms with van der Waals surface area (Å²) in [5.74, 6) is -1.76. The maximum Gasteiger partial charge on any atom is 0.338 e. The third-order valence-corrected chi connectivity index (χ3v) is 3.49. The first-order valence-electron chi connectivity index (χ1n) is 6.59. The number of ether oxygens (including phenoxy) is 1. The predicted octanol–water partition coefficient (Wildman–Crippen LogP) is 4.32. The van der Waals surface area contributed by atoms with Crippen molar-refractivity contribution in [2.45, 2.75) is 13.0 Å². The topological polar surface area (TPSA) is 55.4 Å². The molecule has 0 spiro atoms. The predicted molar refractivity (Wildman–Crippen MR) is 86.4 cm³/mol. The molecule has 0 radical (unpaired) electrons. The van der Waals surface area contributed by atoms with E-state index in [9.17, 15) is 14.0 Å². The molecule has 120 valence electrons. The minimum absolute atomic E-state index is 0.0505. The summed E-state index contributed by atoms with van der Waals surface area (Å²) < 4.78 is 18.0. The molecule has 2 rings (SSSR count). The molecule has 2 aromatic carbocycles. The fraction of sp³-hybridized carbons (Fsp3) is 0.125. The number of hydrogen-bond acceptors (Lipinski definition) is 3. The van der Waals surface area contributed by atoms with Crippen LogP contribution >= 0.6 is 23.2 Å². The Bertz CT molecular complexity index is 735. The van der Waals surface area contributed by atoms with Crippen LogP contribution in [0.3, 0.4) is 0 Å². The molecule has 4 nitrogen and oxygen atoms in total. The lowest BCUT2D eigenvalue weighted by Gasteiger charge is -2.14. The molecule has 0 unspecified atom stereocenters. The number of carbonyl (C=O) groups excluding carboxylic acids is 2. The van der Waals surface area contributed by atoms with Crippen LogP contribution < -0.4 is 5.32 Å². The maximum atomic E-state index is 13.0. The molecule has 0 fully saturated rings. The number of halogens is 3. The van der Waals surface area contributed by atoms with Crippen molar-refractivity contribution in [1.29, 1.82) is 0 Å². The van der Waals surface area contributed by atoms with Crippen LogP contribution in [0.15, 0.2) is 42.5 Å². The summed E-state index contributed by atoms with van der Waals surface area (Å²) >= 11 is 11.6. The van der Waals surface area contributed by atoms with Gasteiger partial charge in [-0.1, -0.05) is 23.2 Å². The second-order valence-corrected chi connectivity index (χ2v) is 5.51. The van der Waals surface area contributed by atoms with Gasteiger partial charge in [0.1, 0.15) is 5.82 Å². The van der Waals surface area contributed by atoms with Crippen molar-refractivity contribution < 1.29 is 18.7 Å². The third kappa shape index (κ3) is 4.68. The fourth-order valence-electron chi connectivity index (χ4n) is 1.69. The third-order valence-electron chi connectivity index (χ3n) is 2.92. The van der Waals surface area contributed by atoms with Crippen molar-refractivity contribution in [2.24, 2.45) is 0 Å². The Labute approximate surface area is 142 Å². The van der Waals surface area contributed by atoms with Gasteiger partial charge >= 0.3 is 5.97 Å². The highest BCUT2D eigenvalue weighted by Gasteiger charge is 2.19. The van der Waals surface area contributed by atoms with Crippen molar-refractivity contribution in [3.8, 4) is 0 Å². The summed E-state index contributed by atoms with van der Waals surface area (Å²) in [6.45, 7) is 1.42. The van der Waals surface area contributed by atoms with Crippen LogP contribution in [0.1, 0.15) is 17.3 Å². The van der Waals surface area contributed by atoms with E-state index < -0.39 is 23.8 Å². The van der Waals surface area contributed by atoms with Gasteiger partial charge in [0.05, 0.1) is 16.3 Å². The van der Waals surface area contributed by atoms with Gasteiger partial charge in [-0.05, 0) is 49.4 Å². The SMILES string of the molecule is C[C@H](OC(=O)c1ccc(Cl)cc1)C(=O)Nc1ccc(F)cc1Cl. The van der Waals surface area contributed by atoms with E-state index in [0.29, 0.717) is 5.02 Å². The van der Waals surface area contributed by atoms with Gasteiger partial charge in [-0.25, -0.2) is 9.18 Å². The summed E-state index contributed by atoms with van der Waals surface area (Å²) in [4.78, 5) is 23.9. The van der Waals surface area contributed by atoms with Gasteiger partial charge in [-0.15, -0.1) is 0 Å². The van der Waals surface area contributed by atoms with E-state index in [4.69, 9.17) is 27.9 Å². The van der Waals surface area contributed by atoms with Gasteiger partial charge in [-0.3, -0.25) is 4.79 Å². The molecule has 0 aliphatic carbocycles. The van der Waals surface area contributed by atoms with E-state index in [-0.39, 0.29) is 16.3 Å². The summed E-state index contributed by atoms with van der Waals surface area (Å²) in [6.07, 6.45) is -1.06. The van der Waals surface area contributed by atoms with Crippen LogP contribution in [0.2, 0.25) is 10.0 Å². The number of anilines is 1. The van der Waals surface area contributed by atoms with Gasteiger partial charge in [0, 0.05) is 5.02 Å². The smallest absolute Gasteiger partial charge is 0.338 e. The first-order chi connectivity index (χ1) is 10.9. The number of hydrogen-bond donors (Lipinski definition) is 1. The molecular formula is C16H12Cl2FNO3. The standard InChI is InChI=1S/C16H12Cl2FNO3/c1-9(23-16(22)10-2-4-11(17)5-3-10)15(21)20-14-7-6-12(19)8-13(14)18/h2-9H,1H3,(H,20,21)/t9-/m0/s1. The summed E-state index contributed by atoms with van der Waals surface area (Å²) in [5, 5.41) is 3.00. The zero-order valence-electron chi connectivity index (χ0n) is 12.0. The van der Waals surface area contributed by atoms with Crippen molar-refractivity contribution in [1.82, 2.24) is 0 Å². The molecule has 1 atom stereocenters. The second-order valence-electron chi connectivity index (χ2n) is 4.67. The Morgan fingerprint density at radius 3 is 2.39 bits per heavy atom. The molecule has 2 aromatic rings. The van der Waals surface area contributed by atoms with E-state index >= 15 is 0 Å². The number of rotatable bonds is 4. The van der Waals surface area contributed by atoms with Gasteiger partial charge in [0.25, 0.3) is 5.91 Å². The van der Waals surface area contributed by atoms with Crippen LogP contribution in [0, 0.1) is 5.82 Å². The highest BCUT2D eigenvalue weighted by molar-refractivity contribution is 6.33. The first-order valence-corrected chi connectivity index (χ1v) is 7.35. The van der Waals surface area contributed by atoms with Crippen molar-refractivity contribution in [3.63, 3.8) is 0 Å². The minimum Gasteiger partial charge on any atom is -0.449 e. The molecule has 7 heteroatoms. The normalized spacial score (nSPS) is 11.7. The Hall–Kier alpha value is -2.11. The summed E-state index contributed by atoms with van der Waals surface area (Å²) in [5.41, 5.74) is 0.501. The Morgan fingerprint density at radius 1 is 1.13 bits per heavy atom. The molecule has 0 saturated heterocycles. The number of benzene rings is 2. The number of esters is 1. The van der Waals surface area contributed by atoms with E-state index in [1.54, 1.807) is 12.1 Å². The molecule has 0 aliphatic rings. The lowest BCUT2D eigenvalue weighted by atomic mass is 10.2. The monoisotopic (exact) mass is 355 g/mol. The van der Waals surface area contributed by atoms with Crippen molar-refractivity contribution in [3.05, 3.63) is 63.9 Å². The fourth-order valence-corrected chi connectivity index (χ4v) is 2.03. The maximum absolute atomic E-state index is 13.0. The minimum atomic E-state index is -1.06. The van der Waals surface area contributed by atoms with E-state index in [1.807, 2.05) is 0 Å². The molecule has 0 aromatic heterocycles. The van der Waals surface area contributed by atoms with E-state index in [0.717, 1.165) is 12.1 Å². The molecule has 23 heavy (non-hydrogen) atoms. The molecule has 0 aliphatic heterocycles. The lowest BCUT2D eigenvalue weighted by molar-refractivity contribution is -0.123. The lowest BCUT2D eigenvalue weighted by Crippen LogP contribution is -2.30. The number of nitrogens with one attached hydrogen (secondary N) is 1. The first kappa shape index (κ1) is 17.2. The van der Waals surface area contributed by atoms with Gasteiger partial charge < -0.3 is 10.1 Å². The van der Waals surface area contributed by atoms with Crippen LogP contribution in [0.25, 0.3) is 0 Å². The number of amides is 1. The molecule has 1 amide bonds. The Morgan fingerprint density at radius 2 is 1.78 bits per heavy atom. The van der Waals surface area contributed by atoms with E-state index in [2.05, 4.69) is 5.32 Å². The second kappa shape index (κ2) is 7.44. The van der Waals surface area contributed by atoms with Gasteiger partial charge in [0.2, 0.25) is 0 Å². The summed E-state index contributed by atoms with van der Waals surface area (Å²) in [7, 11) is 0. The quantitative estimate of drug-likeness (QED) is 0.831. The molecule has 0 saturated carbocycles. The Kier molecular flexibility index (Phi) is 5.58.